The van der Waals surface area contributed by atoms with E-state index in [1.165, 1.54) is 0 Å². The van der Waals surface area contributed by atoms with Crippen molar-refractivity contribution in [3.8, 4) is 0 Å². The molecule has 2 rings (SSSR count). The van der Waals surface area contributed by atoms with E-state index in [1.807, 2.05) is 11.9 Å². The SMILES string of the molecule is CN(C(=O)C1[C@H]2CNC[C@@H]12)C(C)(C)C.O=C(O)C(F)(F)F. The number of halogens is 3. The van der Waals surface area contributed by atoms with E-state index >= 15 is 0 Å². The molecule has 1 saturated carbocycles. The maximum atomic E-state index is 12.1. The number of piperidine rings is 1. The average molecular weight is 310 g/mol. The number of carbonyl (C=O) groups excluding carboxylic acids is 1. The van der Waals surface area contributed by atoms with Gasteiger partial charge in [0.1, 0.15) is 0 Å². The third-order valence-corrected chi connectivity index (χ3v) is 3.96. The van der Waals surface area contributed by atoms with Crippen LogP contribution in [0, 0.1) is 17.8 Å². The lowest BCUT2D eigenvalue weighted by atomic mass is 10.1. The van der Waals surface area contributed by atoms with E-state index < -0.39 is 12.1 Å². The highest BCUT2D eigenvalue weighted by atomic mass is 19.4. The van der Waals surface area contributed by atoms with Gasteiger partial charge in [0, 0.05) is 18.5 Å². The molecule has 2 fully saturated rings. The van der Waals surface area contributed by atoms with Gasteiger partial charge in [-0.15, -0.1) is 0 Å². The van der Waals surface area contributed by atoms with Gasteiger partial charge in [-0.25, -0.2) is 4.79 Å². The summed E-state index contributed by atoms with van der Waals surface area (Å²) in [6.07, 6.45) is -5.08. The Kier molecular flexibility index (Phi) is 4.92. The van der Waals surface area contributed by atoms with Crippen LogP contribution in [0.1, 0.15) is 20.8 Å². The number of carboxylic acid groups (broad SMARTS) is 1. The Morgan fingerprint density at radius 2 is 1.52 bits per heavy atom. The van der Waals surface area contributed by atoms with Crippen LogP contribution >= 0.6 is 0 Å². The van der Waals surface area contributed by atoms with Gasteiger partial charge < -0.3 is 15.3 Å². The van der Waals surface area contributed by atoms with E-state index in [9.17, 15) is 18.0 Å². The maximum absolute atomic E-state index is 12.1. The van der Waals surface area contributed by atoms with Crippen molar-refractivity contribution >= 4 is 11.9 Å². The molecule has 122 valence electrons. The smallest absolute Gasteiger partial charge is 0.475 e. The Balaban J connectivity index is 0.000000270. The molecule has 1 unspecified atom stereocenters. The Morgan fingerprint density at radius 1 is 1.14 bits per heavy atom. The number of aliphatic carboxylic acids is 1. The first kappa shape index (κ1) is 17.7. The second kappa shape index (κ2) is 5.82. The van der Waals surface area contributed by atoms with E-state index in [1.54, 1.807) is 0 Å². The molecule has 2 N–H and O–H groups in total. The quantitative estimate of drug-likeness (QED) is 0.767. The minimum atomic E-state index is -5.08. The van der Waals surface area contributed by atoms with Gasteiger partial charge >= 0.3 is 12.1 Å². The van der Waals surface area contributed by atoms with Crippen molar-refractivity contribution in [2.45, 2.75) is 32.5 Å². The largest absolute Gasteiger partial charge is 0.490 e. The Morgan fingerprint density at radius 3 is 1.81 bits per heavy atom. The van der Waals surface area contributed by atoms with Gasteiger partial charge in [0.25, 0.3) is 0 Å². The van der Waals surface area contributed by atoms with Crippen molar-refractivity contribution in [1.82, 2.24) is 10.2 Å². The van der Waals surface area contributed by atoms with Gasteiger partial charge in [0.05, 0.1) is 0 Å². The summed E-state index contributed by atoms with van der Waals surface area (Å²) in [6, 6.07) is 0. The molecule has 0 aromatic carbocycles. The Labute approximate surface area is 121 Å². The molecule has 0 aromatic heterocycles. The predicted octanol–water partition coefficient (Wildman–Crippen LogP) is 1.34. The number of hydrogen-bond donors (Lipinski definition) is 2. The molecule has 1 saturated heterocycles. The van der Waals surface area contributed by atoms with Gasteiger partial charge in [-0.2, -0.15) is 13.2 Å². The van der Waals surface area contributed by atoms with Crippen molar-refractivity contribution in [3.05, 3.63) is 0 Å². The molecule has 0 bridgehead atoms. The van der Waals surface area contributed by atoms with Crippen LogP contribution in [-0.4, -0.2) is 53.7 Å². The standard InChI is InChI=1S/C11H20N2O.C2HF3O2/c1-11(2,3)13(4)10(14)9-7-5-12-6-8(7)9;3-2(4,5)1(6)7/h7-9,12H,5-6H2,1-4H3;(H,6,7)/t7-,8+,9?;. The second-order valence-electron chi connectivity index (χ2n) is 6.38. The van der Waals surface area contributed by atoms with Crippen LogP contribution in [0.4, 0.5) is 13.2 Å². The highest BCUT2D eigenvalue weighted by Gasteiger charge is 2.58. The first-order chi connectivity index (χ1) is 9.37. The number of hydrogen-bond acceptors (Lipinski definition) is 3. The summed E-state index contributed by atoms with van der Waals surface area (Å²) in [5, 5.41) is 10.4. The minimum Gasteiger partial charge on any atom is -0.475 e. The molecule has 1 heterocycles. The molecule has 1 aliphatic carbocycles. The topological polar surface area (TPSA) is 69.6 Å². The minimum absolute atomic E-state index is 0.0403. The molecule has 2 aliphatic rings. The van der Waals surface area contributed by atoms with Crippen molar-refractivity contribution in [2.75, 3.05) is 20.1 Å². The Hall–Kier alpha value is -1.31. The summed E-state index contributed by atoms with van der Waals surface area (Å²) in [6.45, 7) is 8.34. The van der Waals surface area contributed by atoms with Gasteiger partial charge in [0.15, 0.2) is 0 Å². The molecule has 5 nitrogen and oxygen atoms in total. The first-order valence-electron chi connectivity index (χ1n) is 6.66. The van der Waals surface area contributed by atoms with Gasteiger partial charge in [-0.1, -0.05) is 0 Å². The summed E-state index contributed by atoms with van der Waals surface area (Å²) in [4.78, 5) is 22.9. The van der Waals surface area contributed by atoms with E-state index in [0.29, 0.717) is 23.7 Å². The fourth-order valence-corrected chi connectivity index (χ4v) is 2.34. The van der Waals surface area contributed by atoms with Gasteiger partial charge in [-0.3, -0.25) is 4.79 Å². The van der Waals surface area contributed by atoms with Crippen LogP contribution in [-0.2, 0) is 9.59 Å². The highest BCUT2D eigenvalue weighted by molar-refractivity contribution is 5.83. The number of carboxylic acids is 1. The molecule has 3 atom stereocenters. The van der Waals surface area contributed by atoms with Gasteiger partial charge in [0.2, 0.25) is 5.91 Å². The lowest BCUT2D eigenvalue weighted by molar-refractivity contribution is -0.192. The molecule has 21 heavy (non-hydrogen) atoms. The highest BCUT2D eigenvalue weighted by Crippen LogP contribution is 2.49. The molecule has 0 spiro atoms. The summed E-state index contributed by atoms with van der Waals surface area (Å²) in [5.74, 6) is -0.832. The predicted molar refractivity (Wildman–Crippen MR) is 69.6 cm³/mol. The third-order valence-electron chi connectivity index (χ3n) is 3.96. The van der Waals surface area contributed by atoms with E-state index in [2.05, 4.69) is 26.1 Å². The number of amides is 1. The van der Waals surface area contributed by atoms with Crippen LogP contribution in [0.25, 0.3) is 0 Å². The Bertz CT molecular complexity index is 408. The van der Waals surface area contributed by atoms with E-state index in [-0.39, 0.29) is 5.54 Å². The molecular weight excluding hydrogens is 289 g/mol. The molecule has 0 radical (unpaired) electrons. The number of nitrogens with one attached hydrogen (secondary N) is 1. The van der Waals surface area contributed by atoms with Crippen molar-refractivity contribution < 1.29 is 27.9 Å². The zero-order valence-corrected chi connectivity index (χ0v) is 12.5. The maximum Gasteiger partial charge on any atom is 0.490 e. The third kappa shape index (κ3) is 4.33. The molecular formula is C13H21F3N2O3. The van der Waals surface area contributed by atoms with E-state index in [0.717, 1.165) is 13.1 Å². The number of rotatable bonds is 1. The number of alkyl halides is 3. The zero-order valence-electron chi connectivity index (χ0n) is 12.5. The summed E-state index contributed by atoms with van der Waals surface area (Å²) in [5.41, 5.74) is -0.0403. The lowest BCUT2D eigenvalue weighted by Gasteiger charge is -2.32. The molecule has 1 aliphatic heterocycles. The van der Waals surface area contributed by atoms with E-state index in [4.69, 9.17) is 9.90 Å². The molecule has 1 amide bonds. The molecule has 0 aromatic rings. The monoisotopic (exact) mass is 310 g/mol. The van der Waals surface area contributed by atoms with Crippen LogP contribution in [0.5, 0.6) is 0 Å². The van der Waals surface area contributed by atoms with Crippen LogP contribution < -0.4 is 5.32 Å². The fourth-order valence-electron chi connectivity index (χ4n) is 2.34. The van der Waals surface area contributed by atoms with Crippen LogP contribution in [0.3, 0.4) is 0 Å². The molecule has 8 heteroatoms. The van der Waals surface area contributed by atoms with Gasteiger partial charge in [-0.05, 0) is 45.7 Å². The summed E-state index contributed by atoms with van der Waals surface area (Å²) >= 11 is 0. The normalized spacial score (nSPS) is 27.3. The number of carbonyl (C=O) groups is 2. The van der Waals surface area contributed by atoms with Crippen molar-refractivity contribution in [2.24, 2.45) is 17.8 Å². The lowest BCUT2D eigenvalue weighted by Crippen LogP contribution is -2.44. The second-order valence-corrected chi connectivity index (χ2v) is 6.38. The fraction of sp³-hybridized carbons (Fsp3) is 0.846. The zero-order chi connectivity index (χ0) is 16.6. The number of fused-ring (bicyclic) bond motifs is 1. The summed E-state index contributed by atoms with van der Waals surface area (Å²) < 4.78 is 31.7. The van der Waals surface area contributed by atoms with Crippen LogP contribution in [0.15, 0.2) is 0 Å². The summed E-state index contributed by atoms with van der Waals surface area (Å²) in [7, 11) is 1.92. The average Bonchev–Trinajstić information content (AvgIpc) is 2.78. The van der Waals surface area contributed by atoms with Crippen molar-refractivity contribution in [3.63, 3.8) is 0 Å². The van der Waals surface area contributed by atoms with Crippen molar-refractivity contribution in [1.29, 1.82) is 0 Å². The van der Waals surface area contributed by atoms with Crippen LogP contribution in [0.2, 0.25) is 0 Å². The first-order valence-corrected chi connectivity index (χ1v) is 6.66. The number of nitrogens with zero attached hydrogens (tertiary/aromatic N) is 1.